The van der Waals surface area contributed by atoms with Gasteiger partial charge in [0.05, 0.1) is 4.90 Å². The molecule has 110 valence electrons. The van der Waals surface area contributed by atoms with E-state index in [1.807, 2.05) is 0 Å². The lowest BCUT2D eigenvalue weighted by atomic mass is 10.2. The Labute approximate surface area is 123 Å². The Morgan fingerprint density at radius 2 is 1.71 bits per heavy atom. The Balaban J connectivity index is 2.30. The lowest BCUT2D eigenvalue weighted by molar-refractivity contribution is -0.113. The van der Waals surface area contributed by atoms with Gasteiger partial charge in [-0.25, -0.2) is 13.6 Å². The first-order valence-corrected chi connectivity index (χ1v) is 7.74. The Morgan fingerprint density at radius 1 is 1.10 bits per heavy atom. The van der Waals surface area contributed by atoms with Gasteiger partial charge in [-0.1, -0.05) is 0 Å². The second kappa shape index (κ2) is 5.67. The zero-order chi connectivity index (χ0) is 15.6. The molecule has 2 aromatic rings. The fourth-order valence-corrected chi connectivity index (χ4v) is 2.22. The van der Waals surface area contributed by atoms with Crippen LogP contribution in [0.2, 0.25) is 0 Å². The van der Waals surface area contributed by atoms with Crippen molar-refractivity contribution in [2.45, 2.75) is 18.7 Å². The van der Waals surface area contributed by atoms with Gasteiger partial charge in [0.15, 0.2) is 5.78 Å². The number of sulfonamides is 1. The van der Waals surface area contributed by atoms with E-state index < -0.39 is 10.0 Å². The molecule has 0 saturated carbocycles. The van der Waals surface area contributed by atoms with Gasteiger partial charge in [-0.3, -0.25) is 4.79 Å². The molecule has 0 aliphatic rings. The van der Waals surface area contributed by atoms with Crippen LogP contribution in [-0.4, -0.2) is 14.2 Å². The summed E-state index contributed by atoms with van der Waals surface area (Å²) in [6, 6.07) is 9.57. The normalized spacial score (nSPS) is 12.4. The van der Waals surface area contributed by atoms with Crippen molar-refractivity contribution in [3.63, 3.8) is 0 Å². The number of carbonyl (C=O) groups excluding carboxylic acids is 1. The van der Waals surface area contributed by atoms with Gasteiger partial charge in [0.25, 0.3) is 0 Å². The third kappa shape index (κ3) is 3.68. The average molecular weight is 305 g/mol. The maximum atomic E-state index is 11.2. The first-order chi connectivity index (χ1) is 9.77. The lowest BCUT2D eigenvalue weighted by Crippen LogP contribution is -2.11. The average Bonchev–Trinajstić information content (AvgIpc) is 2.86. The van der Waals surface area contributed by atoms with E-state index >= 15 is 0 Å². The summed E-state index contributed by atoms with van der Waals surface area (Å²) in [5.74, 6) is 1.12. The predicted molar refractivity (Wildman–Crippen MR) is 79.8 cm³/mol. The Bertz CT molecular complexity index is 798. The van der Waals surface area contributed by atoms with Crippen molar-refractivity contribution in [2.24, 2.45) is 5.14 Å². The number of ketones is 1. The van der Waals surface area contributed by atoms with Crippen molar-refractivity contribution >= 4 is 21.9 Å². The maximum absolute atomic E-state index is 11.2. The van der Waals surface area contributed by atoms with Crippen LogP contribution in [0.5, 0.6) is 0 Å². The highest BCUT2D eigenvalue weighted by Crippen LogP contribution is 2.24. The number of primary sulfonamides is 1. The molecule has 0 bridgehead atoms. The summed E-state index contributed by atoms with van der Waals surface area (Å²) >= 11 is 0. The fourth-order valence-electron chi connectivity index (χ4n) is 1.71. The van der Waals surface area contributed by atoms with Gasteiger partial charge in [-0.15, -0.1) is 0 Å². The monoisotopic (exact) mass is 305 g/mol. The number of furan rings is 1. The van der Waals surface area contributed by atoms with Crippen molar-refractivity contribution in [2.75, 3.05) is 0 Å². The van der Waals surface area contributed by atoms with Crippen LogP contribution in [-0.2, 0) is 14.8 Å². The Morgan fingerprint density at radius 3 is 2.24 bits per heavy atom. The standard InChI is InChI=1S/C15H15NO4S/c1-10(11(2)17)9-13-5-8-15(20-13)12-3-6-14(7-4-12)21(16,18)19/h3-9H,1-2H3,(H2,16,18,19)/b10-9+. The molecule has 0 fully saturated rings. The summed E-state index contributed by atoms with van der Waals surface area (Å²) in [5.41, 5.74) is 1.32. The summed E-state index contributed by atoms with van der Waals surface area (Å²) in [5, 5.41) is 5.04. The minimum atomic E-state index is -3.70. The van der Waals surface area contributed by atoms with Gasteiger partial charge in [-0.05, 0) is 61.9 Å². The summed E-state index contributed by atoms with van der Waals surface area (Å²) in [7, 11) is -3.70. The van der Waals surface area contributed by atoms with Crippen molar-refractivity contribution in [3.8, 4) is 11.3 Å². The highest BCUT2D eigenvalue weighted by atomic mass is 32.2. The van der Waals surface area contributed by atoms with Crippen molar-refractivity contribution in [1.82, 2.24) is 0 Å². The van der Waals surface area contributed by atoms with Gasteiger partial charge in [0.2, 0.25) is 10.0 Å². The maximum Gasteiger partial charge on any atom is 0.238 e. The van der Waals surface area contributed by atoms with Gasteiger partial charge >= 0.3 is 0 Å². The molecule has 6 heteroatoms. The Hall–Kier alpha value is -2.18. The number of carbonyl (C=O) groups is 1. The highest BCUT2D eigenvalue weighted by molar-refractivity contribution is 7.89. The molecule has 0 aliphatic carbocycles. The summed E-state index contributed by atoms with van der Waals surface area (Å²) in [4.78, 5) is 11.2. The van der Waals surface area contributed by atoms with Crippen molar-refractivity contribution in [1.29, 1.82) is 0 Å². The fraction of sp³-hybridized carbons (Fsp3) is 0.133. The first kappa shape index (κ1) is 15.2. The van der Waals surface area contributed by atoms with E-state index in [-0.39, 0.29) is 10.7 Å². The van der Waals surface area contributed by atoms with E-state index in [0.29, 0.717) is 17.1 Å². The van der Waals surface area contributed by atoms with Gasteiger partial charge in [0, 0.05) is 5.56 Å². The van der Waals surface area contributed by atoms with Crippen LogP contribution >= 0.6 is 0 Å². The van der Waals surface area contributed by atoms with Crippen LogP contribution in [0.25, 0.3) is 17.4 Å². The molecular weight excluding hydrogens is 290 g/mol. The van der Waals surface area contributed by atoms with E-state index in [0.717, 1.165) is 5.56 Å². The molecule has 0 amide bonds. The molecule has 5 nitrogen and oxygen atoms in total. The zero-order valence-electron chi connectivity index (χ0n) is 11.7. The zero-order valence-corrected chi connectivity index (χ0v) is 12.5. The van der Waals surface area contributed by atoms with Crippen LogP contribution in [0.4, 0.5) is 0 Å². The van der Waals surface area contributed by atoms with E-state index in [9.17, 15) is 13.2 Å². The number of rotatable bonds is 4. The van der Waals surface area contributed by atoms with E-state index in [1.165, 1.54) is 19.1 Å². The topological polar surface area (TPSA) is 90.4 Å². The van der Waals surface area contributed by atoms with Crippen LogP contribution in [0.3, 0.4) is 0 Å². The molecule has 0 radical (unpaired) electrons. The molecule has 21 heavy (non-hydrogen) atoms. The third-order valence-corrected chi connectivity index (χ3v) is 3.94. The molecule has 0 aliphatic heterocycles. The lowest BCUT2D eigenvalue weighted by Gasteiger charge is -2.00. The van der Waals surface area contributed by atoms with E-state index in [2.05, 4.69) is 0 Å². The molecule has 1 aromatic carbocycles. The summed E-state index contributed by atoms with van der Waals surface area (Å²) in [6.45, 7) is 3.20. The number of benzene rings is 1. The Kier molecular flexibility index (Phi) is 4.11. The molecule has 0 spiro atoms. The molecule has 2 rings (SSSR count). The summed E-state index contributed by atoms with van der Waals surface area (Å²) < 4.78 is 28.0. The number of hydrogen-bond donors (Lipinski definition) is 1. The molecule has 0 atom stereocenters. The molecular formula is C15H15NO4S. The third-order valence-electron chi connectivity index (χ3n) is 3.01. The second-order valence-electron chi connectivity index (χ2n) is 4.65. The van der Waals surface area contributed by atoms with Gasteiger partial charge in [0.1, 0.15) is 11.5 Å². The number of allylic oxidation sites excluding steroid dienone is 1. The minimum absolute atomic E-state index is 0.0227. The van der Waals surface area contributed by atoms with Crippen LogP contribution in [0.15, 0.2) is 51.3 Å². The number of nitrogens with two attached hydrogens (primary N) is 1. The number of hydrogen-bond acceptors (Lipinski definition) is 4. The van der Waals surface area contributed by atoms with Gasteiger partial charge < -0.3 is 4.42 Å². The first-order valence-electron chi connectivity index (χ1n) is 6.19. The summed E-state index contributed by atoms with van der Waals surface area (Å²) in [6.07, 6.45) is 1.66. The SMILES string of the molecule is CC(=O)/C(C)=C/c1ccc(-c2ccc(S(N)(=O)=O)cc2)o1. The van der Waals surface area contributed by atoms with E-state index in [4.69, 9.17) is 9.56 Å². The smallest absolute Gasteiger partial charge is 0.238 e. The predicted octanol–water partition coefficient (Wildman–Crippen LogP) is 2.59. The van der Waals surface area contributed by atoms with Crippen molar-refractivity contribution < 1.29 is 17.6 Å². The highest BCUT2D eigenvalue weighted by Gasteiger charge is 2.09. The van der Waals surface area contributed by atoms with Crippen LogP contribution in [0, 0.1) is 0 Å². The molecule has 0 saturated heterocycles. The molecule has 1 aromatic heterocycles. The minimum Gasteiger partial charge on any atom is -0.457 e. The van der Waals surface area contributed by atoms with Gasteiger partial charge in [-0.2, -0.15) is 0 Å². The van der Waals surface area contributed by atoms with E-state index in [1.54, 1.807) is 37.3 Å². The van der Waals surface area contributed by atoms with Crippen LogP contribution < -0.4 is 5.14 Å². The molecule has 2 N–H and O–H groups in total. The molecule has 1 heterocycles. The number of Topliss-reactive ketones (excluding diaryl/α,β-unsaturated/α-hetero) is 1. The quantitative estimate of drug-likeness (QED) is 0.879. The molecule has 0 unspecified atom stereocenters. The van der Waals surface area contributed by atoms with Crippen LogP contribution in [0.1, 0.15) is 19.6 Å². The second-order valence-corrected chi connectivity index (χ2v) is 6.22. The largest absolute Gasteiger partial charge is 0.457 e. The van der Waals surface area contributed by atoms with Crippen molar-refractivity contribution in [3.05, 3.63) is 47.7 Å².